The van der Waals surface area contributed by atoms with Crippen molar-refractivity contribution in [1.82, 2.24) is 10.6 Å². The summed E-state index contributed by atoms with van der Waals surface area (Å²) >= 11 is 0. The summed E-state index contributed by atoms with van der Waals surface area (Å²) in [4.78, 5) is 35.7. The van der Waals surface area contributed by atoms with Gasteiger partial charge in [0.2, 0.25) is 17.7 Å². The molecule has 0 bridgehead atoms. The van der Waals surface area contributed by atoms with Crippen LogP contribution >= 0.6 is 0 Å². The number of carbonyl (C=O) groups excluding carboxylic acids is 3. The van der Waals surface area contributed by atoms with E-state index in [0.29, 0.717) is 6.54 Å². The normalized spacial score (nSPS) is 11.6. The van der Waals surface area contributed by atoms with Crippen LogP contribution in [0.1, 0.15) is 49.9 Å². The molecule has 6 heteroatoms. The molecule has 1 atom stereocenters. The zero-order chi connectivity index (χ0) is 21.4. The van der Waals surface area contributed by atoms with Gasteiger partial charge in [-0.05, 0) is 30.2 Å². The predicted octanol–water partition coefficient (Wildman–Crippen LogP) is 3.47. The van der Waals surface area contributed by atoms with Gasteiger partial charge in [0.15, 0.2) is 0 Å². The number of carbonyl (C=O) groups is 3. The van der Waals surface area contributed by atoms with Crippen LogP contribution in [0.25, 0.3) is 0 Å². The van der Waals surface area contributed by atoms with E-state index < -0.39 is 0 Å². The fraction of sp³-hybridized carbons (Fsp3) is 0.348. The topological polar surface area (TPSA) is 87.3 Å². The first-order valence-electron chi connectivity index (χ1n) is 9.74. The minimum absolute atomic E-state index is 0.0360. The molecule has 2 aromatic carbocycles. The van der Waals surface area contributed by atoms with E-state index in [1.807, 2.05) is 69.3 Å². The number of amides is 3. The molecule has 0 saturated carbocycles. The second-order valence-electron chi connectivity index (χ2n) is 7.49. The fourth-order valence-corrected chi connectivity index (χ4v) is 2.75. The summed E-state index contributed by atoms with van der Waals surface area (Å²) in [5.41, 5.74) is 3.66. The van der Waals surface area contributed by atoms with Crippen molar-refractivity contribution in [3.8, 4) is 0 Å². The molecular weight excluding hydrogens is 366 g/mol. The zero-order valence-corrected chi connectivity index (χ0v) is 17.4. The third kappa shape index (κ3) is 7.41. The van der Waals surface area contributed by atoms with Gasteiger partial charge >= 0.3 is 0 Å². The maximum absolute atomic E-state index is 12.4. The first-order chi connectivity index (χ1) is 13.7. The first kappa shape index (κ1) is 22.1. The van der Waals surface area contributed by atoms with Crippen molar-refractivity contribution in [1.29, 1.82) is 0 Å². The summed E-state index contributed by atoms with van der Waals surface area (Å²) in [6.07, 6.45) is 0.158. The molecule has 0 aliphatic carbocycles. The standard InChI is InChI=1S/C23H29N3O3/c1-15(2)23(29)26-20-11-7-18(8-12-20)14-24-22(28)13-21(25-17(4)27)19-9-5-16(3)6-10-19/h5-12,15,21H,13-14H2,1-4H3,(H,24,28)(H,25,27)(H,26,29). The van der Waals surface area contributed by atoms with E-state index in [1.165, 1.54) is 6.92 Å². The molecular formula is C23H29N3O3. The molecule has 29 heavy (non-hydrogen) atoms. The van der Waals surface area contributed by atoms with Crippen molar-refractivity contribution in [2.75, 3.05) is 5.32 Å². The van der Waals surface area contributed by atoms with Gasteiger partial charge in [-0.1, -0.05) is 55.8 Å². The average Bonchev–Trinajstić information content (AvgIpc) is 2.67. The first-order valence-corrected chi connectivity index (χ1v) is 9.74. The molecule has 2 rings (SSSR count). The molecule has 6 nitrogen and oxygen atoms in total. The second kappa shape index (κ2) is 10.4. The number of aryl methyl sites for hydroxylation is 1. The van der Waals surface area contributed by atoms with Crippen LogP contribution < -0.4 is 16.0 Å². The monoisotopic (exact) mass is 395 g/mol. The van der Waals surface area contributed by atoms with Crippen molar-refractivity contribution in [2.24, 2.45) is 5.92 Å². The summed E-state index contributed by atoms with van der Waals surface area (Å²) in [6, 6.07) is 14.7. The highest BCUT2D eigenvalue weighted by atomic mass is 16.2. The summed E-state index contributed by atoms with van der Waals surface area (Å²) in [5, 5.41) is 8.56. The Kier molecular flexibility index (Phi) is 7.95. The third-order valence-electron chi connectivity index (χ3n) is 4.48. The lowest BCUT2D eigenvalue weighted by Gasteiger charge is -2.18. The number of rotatable bonds is 8. The number of nitrogens with one attached hydrogen (secondary N) is 3. The van der Waals surface area contributed by atoms with E-state index in [4.69, 9.17) is 0 Å². The summed E-state index contributed by atoms with van der Waals surface area (Å²) in [7, 11) is 0. The van der Waals surface area contributed by atoms with E-state index in [1.54, 1.807) is 0 Å². The molecule has 0 saturated heterocycles. The van der Waals surface area contributed by atoms with Gasteiger partial charge in [0.05, 0.1) is 12.5 Å². The minimum Gasteiger partial charge on any atom is -0.352 e. The predicted molar refractivity (Wildman–Crippen MR) is 114 cm³/mol. The van der Waals surface area contributed by atoms with E-state index in [2.05, 4.69) is 16.0 Å². The molecule has 0 spiro atoms. The Labute approximate surface area is 172 Å². The van der Waals surface area contributed by atoms with Gasteiger partial charge < -0.3 is 16.0 Å². The van der Waals surface area contributed by atoms with Crippen LogP contribution in [0, 0.1) is 12.8 Å². The van der Waals surface area contributed by atoms with Crippen LogP contribution in [0.3, 0.4) is 0 Å². The Morgan fingerprint density at radius 3 is 2.10 bits per heavy atom. The van der Waals surface area contributed by atoms with E-state index in [9.17, 15) is 14.4 Å². The van der Waals surface area contributed by atoms with Crippen LogP contribution in [-0.2, 0) is 20.9 Å². The molecule has 3 N–H and O–H groups in total. The van der Waals surface area contributed by atoms with Gasteiger partial charge in [-0.15, -0.1) is 0 Å². The van der Waals surface area contributed by atoms with E-state index in [0.717, 1.165) is 22.4 Å². The largest absolute Gasteiger partial charge is 0.352 e. The van der Waals surface area contributed by atoms with Gasteiger partial charge in [-0.25, -0.2) is 0 Å². The van der Waals surface area contributed by atoms with E-state index >= 15 is 0 Å². The SMILES string of the molecule is CC(=O)NC(CC(=O)NCc1ccc(NC(=O)C(C)C)cc1)c1ccc(C)cc1. The smallest absolute Gasteiger partial charge is 0.226 e. The molecule has 1 unspecified atom stereocenters. The number of hydrogen-bond donors (Lipinski definition) is 3. The van der Waals surface area contributed by atoms with Crippen molar-refractivity contribution in [2.45, 2.75) is 46.7 Å². The lowest BCUT2D eigenvalue weighted by Crippen LogP contribution is -2.32. The fourth-order valence-electron chi connectivity index (χ4n) is 2.75. The number of benzene rings is 2. The second-order valence-corrected chi connectivity index (χ2v) is 7.49. The number of hydrogen-bond acceptors (Lipinski definition) is 3. The van der Waals surface area contributed by atoms with Gasteiger partial charge in [-0.2, -0.15) is 0 Å². The Balaban J connectivity index is 1.92. The van der Waals surface area contributed by atoms with Crippen molar-refractivity contribution in [3.05, 3.63) is 65.2 Å². The number of anilines is 1. The van der Waals surface area contributed by atoms with Crippen LogP contribution in [0.15, 0.2) is 48.5 Å². The lowest BCUT2D eigenvalue weighted by molar-refractivity contribution is -0.123. The molecule has 0 fully saturated rings. The zero-order valence-electron chi connectivity index (χ0n) is 17.4. The van der Waals surface area contributed by atoms with Crippen LogP contribution in [0.2, 0.25) is 0 Å². The maximum Gasteiger partial charge on any atom is 0.226 e. The van der Waals surface area contributed by atoms with E-state index in [-0.39, 0.29) is 36.1 Å². The van der Waals surface area contributed by atoms with Gasteiger partial charge in [0, 0.05) is 25.1 Å². The molecule has 0 aliphatic rings. The minimum atomic E-state index is -0.373. The Morgan fingerprint density at radius 2 is 1.55 bits per heavy atom. The molecule has 0 aliphatic heterocycles. The van der Waals surface area contributed by atoms with Gasteiger partial charge in [-0.3, -0.25) is 14.4 Å². The van der Waals surface area contributed by atoms with Crippen molar-refractivity contribution < 1.29 is 14.4 Å². The molecule has 0 heterocycles. The summed E-state index contributed by atoms with van der Waals surface area (Å²) < 4.78 is 0. The summed E-state index contributed by atoms with van der Waals surface area (Å²) in [5.74, 6) is -0.450. The highest BCUT2D eigenvalue weighted by molar-refractivity contribution is 5.92. The third-order valence-corrected chi connectivity index (χ3v) is 4.48. The van der Waals surface area contributed by atoms with Crippen molar-refractivity contribution in [3.63, 3.8) is 0 Å². The quantitative estimate of drug-likeness (QED) is 0.640. The van der Waals surface area contributed by atoms with Gasteiger partial charge in [0.25, 0.3) is 0 Å². The molecule has 0 aromatic heterocycles. The highest BCUT2D eigenvalue weighted by Gasteiger charge is 2.17. The molecule has 154 valence electrons. The molecule has 3 amide bonds. The Hall–Kier alpha value is -3.15. The summed E-state index contributed by atoms with van der Waals surface area (Å²) in [6.45, 7) is 7.48. The Bertz CT molecular complexity index is 843. The van der Waals surface area contributed by atoms with Crippen molar-refractivity contribution >= 4 is 23.4 Å². The van der Waals surface area contributed by atoms with Gasteiger partial charge in [0.1, 0.15) is 0 Å². The van der Waals surface area contributed by atoms with Crippen LogP contribution in [0.5, 0.6) is 0 Å². The van der Waals surface area contributed by atoms with Crippen LogP contribution in [0.4, 0.5) is 5.69 Å². The average molecular weight is 396 g/mol. The highest BCUT2D eigenvalue weighted by Crippen LogP contribution is 2.18. The molecule has 0 radical (unpaired) electrons. The van der Waals surface area contributed by atoms with Crippen LogP contribution in [-0.4, -0.2) is 17.7 Å². The lowest BCUT2D eigenvalue weighted by atomic mass is 10.0. The Morgan fingerprint density at radius 1 is 0.931 bits per heavy atom. The molecule has 2 aromatic rings. The maximum atomic E-state index is 12.4.